The number of rotatable bonds is 5. The van der Waals surface area contributed by atoms with Gasteiger partial charge in [-0.1, -0.05) is 18.2 Å². The largest absolute Gasteiger partial charge is 0.497 e. The van der Waals surface area contributed by atoms with E-state index in [1.54, 1.807) is 48.2 Å². The summed E-state index contributed by atoms with van der Waals surface area (Å²) in [6.07, 6.45) is 0. The Balaban J connectivity index is 1.61. The van der Waals surface area contributed by atoms with E-state index in [1.165, 1.54) is 18.1 Å². The predicted molar refractivity (Wildman–Crippen MR) is 107 cm³/mol. The Labute approximate surface area is 173 Å². The van der Waals surface area contributed by atoms with E-state index < -0.39 is 12.6 Å². The molecule has 7 nitrogen and oxygen atoms in total. The van der Waals surface area contributed by atoms with Crippen LogP contribution in [-0.2, 0) is 0 Å². The summed E-state index contributed by atoms with van der Waals surface area (Å²) >= 11 is 0. The summed E-state index contributed by atoms with van der Waals surface area (Å²) in [4.78, 5) is 28.5. The molecule has 1 fully saturated rings. The van der Waals surface area contributed by atoms with Gasteiger partial charge < -0.3 is 24.6 Å². The van der Waals surface area contributed by atoms with Crippen LogP contribution in [0.4, 0.5) is 19.3 Å². The molecule has 1 aliphatic heterocycles. The zero-order chi connectivity index (χ0) is 21.7. The van der Waals surface area contributed by atoms with E-state index in [-0.39, 0.29) is 17.3 Å². The third kappa shape index (κ3) is 4.97. The second kappa shape index (κ2) is 9.43. The number of ether oxygens (including phenoxy) is 2. The normalized spacial score (nSPS) is 13.9. The molecular weight excluding hydrogens is 396 g/mol. The molecule has 0 spiro atoms. The maximum Gasteiger partial charge on any atom is 0.387 e. The number of benzene rings is 2. The molecule has 0 aliphatic carbocycles. The number of carbonyl (C=O) groups is 2. The molecule has 0 atom stereocenters. The van der Waals surface area contributed by atoms with Gasteiger partial charge in [0.05, 0.1) is 12.8 Å². The molecule has 0 saturated carbocycles. The van der Waals surface area contributed by atoms with Crippen LogP contribution in [0.15, 0.2) is 42.5 Å². The number of carbonyl (C=O) groups excluding carboxylic acids is 2. The van der Waals surface area contributed by atoms with E-state index in [4.69, 9.17) is 4.74 Å². The van der Waals surface area contributed by atoms with E-state index in [0.29, 0.717) is 43.1 Å². The minimum Gasteiger partial charge on any atom is -0.497 e. The fraction of sp³-hybridized carbons (Fsp3) is 0.333. The summed E-state index contributed by atoms with van der Waals surface area (Å²) in [5.74, 6) is 0.365. The first-order chi connectivity index (χ1) is 14.4. The fourth-order valence-corrected chi connectivity index (χ4v) is 3.23. The van der Waals surface area contributed by atoms with Gasteiger partial charge in [-0.2, -0.15) is 8.78 Å². The van der Waals surface area contributed by atoms with E-state index in [9.17, 15) is 18.4 Å². The molecule has 160 valence electrons. The molecule has 1 aliphatic rings. The van der Waals surface area contributed by atoms with Crippen molar-refractivity contribution in [2.45, 2.75) is 13.5 Å². The van der Waals surface area contributed by atoms with Crippen LogP contribution < -0.4 is 14.8 Å². The highest BCUT2D eigenvalue weighted by atomic mass is 19.3. The summed E-state index contributed by atoms with van der Waals surface area (Å²) in [7, 11) is 1.53. The average molecular weight is 419 g/mol. The van der Waals surface area contributed by atoms with E-state index >= 15 is 0 Å². The van der Waals surface area contributed by atoms with E-state index in [0.717, 1.165) is 0 Å². The number of para-hydroxylation sites is 1. The molecule has 1 heterocycles. The van der Waals surface area contributed by atoms with Gasteiger partial charge in [0.1, 0.15) is 11.5 Å². The van der Waals surface area contributed by atoms with Crippen molar-refractivity contribution < 1.29 is 27.8 Å². The Kier molecular flexibility index (Phi) is 6.71. The zero-order valence-corrected chi connectivity index (χ0v) is 16.7. The molecule has 0 bridgehead atoms. The molecule has 3 rings (SSSR count). The number of alkyl halides is 2. The van der Waals surface area contributed by atoms with Gasteiger partial charge >= 0.3 is 12.6 Å². The number of hydrogen-bond donors (Lipinski definition) is 1. The van der Waals surface area contributed by atoms with Crippen LogP contribution in [0.5, 0.6) is 11.5 Å². The Morgan fingerprint density at radius 2 is 1.70 bits per heavy atom. The number of nitrogens with one attached hydrogen (secondary N) is 1. The zero-order valence-electron chi connectivity index (χ0n) is 16.7. The molecule has 9 heteroatoms. The quantitative estimate of drug-likeness (QED) is 0.804. The Hall–Kier alpha value is -3.36. The van der Waals surface area contributed by atoms with Gasteiger partial charge in [-0.05, 0) is 36.8 Å². The highest BCUT2D eigenvalue weighted by molar-refractivity contribution is 5.95. The van der Waals surface area contributed by atoms with Crippen LogP contribution in [0.2, 0.25) is 0 Å². The van der Waals surface area contributed by atoms with Crippen molar-refractivity contribution in [1.82, 2.24) is 9.80 Å². The molecule has 0 unspecified atom stereocenters. The second-order valence-corrected chi connectivity index (χ2v) is 6.77. The second-order valence-electron chi connectivity index (χ2n) is 6.77. The van der Waals surface area contributed by atoms with Crippen LogP contribution in [-0.4, -0.2) is 61.6 Å². The SMILES string of the molecule is COc1cccc(C(=O)N2CCN(C(=O)Nc3c(C)cccc3OC(F)F)CC2)c1. The van der Waals surface area contributed by atoms with Crippen molar-refractivity contribution in [3.05, 3.63) is 53.6 Å². The van der Waals surface area contributed by atoms with Crippen molar-refractivity contribution >= 4 is 17.6 Å². The van der Waals surface area contributed by atoms with Crippen LogP contribution >= 0.6 is 0 Å². The van der Waals surface area contributed by atoms with Crippen LogP contribution in [0, 0.1) is 6.92 Å². The van der Waals surface area contributed by atoms with Crippen LogP contribution in [0.3, 0.4) is 0 Å². The lowest BCUT2D eigenvalue weighted by molar-refractivity contribution is -0.0493. The fourth-order valence-electron chi connectivity index (χ4n) is 3.23. The van der Waals surface area contributed by atoms with Gasteiger partial charge in [0.25, 0.3) is 5.91 Å². The number of methoxy groups -OCH3 is 1. The number of hydrogen-bond acceptors (Lipinski definition) is 4. The van der Waals surface area contributed by atoms with Gasteiger partial charge in [-0.3, -0.25) is 4.79 Å². The topological polar surface area (TPSA) is 71.1 Å². The van der Waals surface area contributed by atoms with Crippen molar-refractivity contribution in [2.24, 2.45) is 0 Å². The van der Waals surface area contributed by atoms with E-state index in [2.05, 4.69) is 10.1 Å². The summed E-state index contributed by atoms with van der Waals surface area (Å²) in [6, 6.07) is 11.1. The maximum absolute atomic E-state index is 12.7. The number of urea groups is 1. The highest BCUT2D eigenvalue weighted by Gasteiger charge is 2.26. The number of halogens is 2. The Morgan fingerprint density at radius 1 is 1.03 bits per heavy atom. The summed E-state index contributed by atoms with van der Waals surface area (Å²) in [5, 5.41) is 2.65. The minimum absolute atomic E-state index is 0.0924. The first-order valence-electron chi connectivity index (χ1n) is 9.42. The van der Waals surface area contributed by atoms with Crippen LogP contribution in [0.25, 0.3) is 0 Å². The van der Waals surface area contributed by atoms with Gasteiger partial charge in [0, 0.05) is 31.7 Å². The summed E-state index contributed by atoms with van der Waals surface area (Å²) in [5.41, 5.74) is 1.33. The molecule has 30 heavy (non-hydrogen) atoms. The molecular formula is C21H23F2N3O4. The number of piperazine rings is 1. The smallest absolute Gasteiger partial charge is 0.387 e. The molecule has 0 radical (unpaired) electrons. The van der Waals surface area contributed by atoms with Crippen LogP contribution in [0.1, 0.15) is 15.9 Å². The summed E-state index contributed by atoms with van der Waals surface area (Å²) in [6.45, 7) is 0.0545. The molecule has 3 amide bonds. The van der Waals surface area contributed by atoms with E-state index in [1.807, 2.05) is 0 Å². The lowest BCUT2D eigenvalue weighted by atomic mass is 10.1. The van der Waals surface area contributed by atoms with Crippen molar-refractivity contribution in [1.29, 1.82) is 0 Å². The maximum atomic E-state index is 12.7. The number of amides is 3. The highest BCUT2D eigenvalue weighted by Crippen LogP contribution is 2.30. The van der Waals surface area contributed by atoms with Gasteiger partial charge in [0.15, 0.2) is 0 Å². The van der Waals surface area contributed by atoms with Gasteiger partial charge in [-0.25, -0.2) is 4.79 Å². The lowest BCUT2D eigenvalue weighted by Gasteiger charge is -2.35. The third-order valence-corrected chi connectivity index (χ3v) is 4.85. The number of aryl methyl sites for hydroxylation is 1. The number of nitrogens with zero attached hydrogens (tertiary/aromatic N) is 2. The minimum atomic E-state index is -2.99. The standard InChI is InChI=1S/C21H23F2N3O4/c1-14-5-3-8-17(30-20(22)23)18(14)24-21(28)26-11-9-25(10-12-26)19(27)15-6-4-7-16(13-15)29-2/h3-8,13,20H,9-12H2,1-2H3,(H,24,28). The molecule has 2 aromatic carbocycles. The van der Waals surface area contributed by atoms with Crippen molar-refractivity contribution in [3.63, 3.8) is 0 Å². The van der Waals surface area contributed by atoms with Crippen molar-refractivity contribution in [2.75, 3.05) is 38.6 Å². The lowest BCUT2D eigenvalue weighted by Crippen LogP contribution is -2.51. The Morgan fingerprint density at radius 3 is 2.37 bits per heavy atom. The first kappa shape index (κ1) is 21.4. The Bertz CT molecular complexity index is 915. The molecule has 2 aromatic rings. The summed E-state index contributed by atoms with van der Waals surface area (Å²) < 4.78 is 34.9. The molecule has 0 aromatic heterocycles. The van der Waals surface area contributed by atoms with Gasteiger partial charge in [0.2, 0.25) is 0 Å². The molecule has 1 N–H and O–H groups in total. The van der Waals surface area contributed by atoms with Crippen molar-refractivity contribution in [3.8, 4) is 11.5 Å². The number of anilines is 1. The third-order valence-electron chi connectivity index (χ3n) is 4.85. The predicted octanol–water partition coefficient (Wildman–Crippen LogP) is 3.59. The van der Waals surface area contributed by atoms with Gasteiger partial charge in [-0.15, -0.1) is 0 Å². The average Bonchev–Trinajstić information content (AvgIpc) is 2.75. The first-order valence-corrected chi connectivity index (χ1v) is 9.42. The monoisotopic (exact) mass is 419 g/mol. The molecule has 1 saturated heterocycles.